The number of carbonyl (C=O) groups excluding carboxylic acids is 1. The molecule has 104 valence electrons. The van der Waals surface area contributed by atoms with E-state index in [-0.39, 0.29) is 5.91 Å². The van der Waals surface area contributed by atoms with Gasteiger partial charge in [-0.15, -0.1) is 0 Å². The van der Waals surface area contributed by atoms with Crippen LogP contribution in [-0.2, 0) is 6.54 Å². The molecule has 0 aromatic heterocycles. The highest BCUT2D eigenvalue weighted by Crippen LogP contribution is 2.19. The Hall–Kier alpha value is -1.81. The average Bonchev–Trinajstić information content (AvgIpc) is 2.39. The number of carbonyl (C=O) groups is 1. The van der Waals surface area contributed by atoms with E-state index in [1.807, 2.05) is 31.2 Å². The summed E-state index contributed by atoms with van der Waals surface area (Å²) in [6.45, 7) is 2.62. The molecule has 2 aromatic rings. The van der Waals surface area contributed by atoms with E-state index >= 15 is 0 Å². The second kappa shape index (κ2) is 6.09. The van der Waals surface area contributed by atoms with Crippen molar-refractivity contribution in [2.24, 2.45) is 0 Å². The van der Waals surface area contributed by atoms with Crippen LogP contribution < -0.4 is 5.73 Å². The summed E-state index contributed by atoms with van der Waals surface area (Å²) in [6, 6.07) is 13.4. The van der Waals surface area contributed by atoms with Crippen LogP contribution in [0.2, 0.25) is 0 Å². The third kappa shape index (κ3) is 3.61. The van der Waals surface area contributed by atoms with Crippen molar-refractivity contribution in [2.45, 2.75) is 13.5 Å². The molecule has 20 heavy (non-hydrogen) atoms. The van der Waals surface area contributed by atoms with E-state index in [1.165, 1.54) is 5.56 Å². The number of amides is 1. The molecule has 0 spiro atoms. The van der Waals surface area contributed by atoms with Crippen molar-refractivity contribution < 1.29 is 4.79 Å². The first-order valence-electron chi connectivity index (χ1n) is 6.33. The van der Waals surface area contributed by atoms with Gasteiger partial charge in [0, 0.05) is 29.3 Å². The van der Waals surface area contributed by atoms with Crippen molar-refractivity contribution in [3.63, 3.8) is 0 Å². The van der Waals surface area contributed by atoms with E-state index in [0.29, 0.717) is 17.8 Å². The molecule has 0 aliphatic heterocycles. The summed E-state index contributed by atoms with van der Waals surface area (Å²) in [5.41, 5.74) is 9.25. The van der Waals surface area contributed by atoms with Crippen LogP contribution >= 0.6 is 15.9 Å². The first-order valence-corrected chi connectivity index (χ1v) is 7.12. The third-order valence-corrected chi connectivity index (χ3v) is 3.51. The Morgan fingerprint density at radius 2 is 1.85 bits per heavy atom. The minimum absolute atomic E-state index is 0.0430. The zero-order chi connectivity index (χ0) is 14.7. The Bertz CT molecular complexity index is 603. The first kappa shape index (κ1) is 14.6. The highest BCUT2D eigenvalue weighted by molar-refractivity contribution is 9.10. The molecule has 0 saturated heterocycles. The maximum atomic E-state index is 12.4. The van der Waals surface area contributed by atoms with Gasteiger partial charge in [-0.25, -0.2) is 0 Å². The van der Waals surface area contributed by atoms with Crippen molar-refractivity contribution in [1.82, 2.24) is 4.90 Å². The Kier molecular flexibility index (Phi) is 4.45. The van der Waals surface area contributed by atoms with Crippen LogP contribution in [-0.4, -0.2) is 17.9 Å². The summed E-state index contributed by atoms with van der Waals surface area (Å²) >= 11 is 3.35. The van der Waals surface area contributed by atoms with E-state index < -0.39 is 0 Å². The largest absolute Gasteiger partial charge is 0.399 e. The van der Waals surface area contributed by atoms with E-state index in [0.717, 1.165) is 10.0 Å². The molecule has 0 bridgehead atoms. The van der Waals surface area contributed by atoms with Crippen molar-refractivity contribution in [2.75, 3.05) is 12.8 Å². The maximum Gasteiger partial charge on any atom is 0.254 e. The zero-order valence-electron chi connectivity index (χ0n) is 11.6. The summed E-state index contributed by atoms with van der Waals surface area (Å²) in [5.74, 6) is -0.0430. The number of anilines is 1. The molecular formula is C16H17BrN2O. The molecule has 3 nitrogen and oxygen atoms in total. The molecule has 1 amide bonds. The minimum Gasteiger partial charge on any atom is -0.399 e. The van der Waals surface area contributed by atoms with Crippen molar-refractivity contribution in [3.8, 4) is 0 Å². The number of hydrogen-bond acceptors (Lipinski definition) is 2. The van der Waals surface area contributed by atoms with Crippen LogP contribution in [0.1, 0.15) is 21.5 Å². The lowest BCUT2D eigenvalue weighted by molar-refractivity contribution is 0.0785. The van der Waals surface area contributed by atoms with Gasteiger partial charge in [0.25, 0.3) is 5.91 Å². The Morgan fingerprint density at radius 3 is 2.45 bits per heavy atom. The monoisotopic (exact) mass is 332 g/mol. The highest BCUT2D eigenvalue weighted by Gasteiger charge is 2.13. The predicted octanol–water partition coefficient (Wildman–Crippen LogP) is 3.61. The van der Waals surface area contributed by atoms with Gasteiger partial charge in [0.1, 0.15) is 0 Å². The lowest BCUT2D eigenvalue weighted by atomic mass is 10.1. The summed E-state index contributed by atoms with van der Waals surface area (Å²) in [6.07, 6.45) is 0. The molecule has 4 heteroatoms. The molecule has 2 rings (SSSR count). The Balaban J connectivity index is 2.14. The van der Waals surface area contributed by atoms with Crippen LogP contribution in [0.4, 0.5) is 5.69 Å². The highest BCUT2D eigenvalue weighted by atomic mass is 79.9. The van der Waals surface area contributed by atoms with Crippen molar-refractivity contribution in [1.29, 1.82) is 0 Å². The van der Waals surface area contributed by atoms with Gasteiger partial charge in [-0.05, 0) is 30.7 Å². The zero-order valence-corrected chi connectivity index (χ0v) is 13.1. The van der Waals surface area contributed by atoms with Crippen LogP contribution in [0.15, 0.2) is 46.9 Å². The predicted molar refractivity (Wildman–Crippen MR) is 85.5 cm³/mol. The summed E-state index contributed by atoms with van der Waals surface area (Å²) in [7, 11) is 1.79. The van der Waals surface area contributed by atoms with Gasteiger partial charge in [-0.1, -0.05) is 45.8 Å². The number of hydrogen-bond donors (Lipinski definition) is 1. The van der Waals surface area contributed by atoms with E-state index in [4.69, 9.17) is 5.73 Å². The average molecular weight is 333 g/mol. The van der Waals surface area contributed by atoms with Gasteiger partial charge in [0.05, 0.1) is 0 Å². The molecule has 2 N–H and O–H groups in total. The van der Waals surface area contributed by atoms with Crippen LogP contribution in [0.5, 0.6) is 0 Å². The van der Waals surface area contributed by atoms with Gasteiger partial charge in [-0.2, -0.15) is 0 Å². The number of nitrogen functional groups attached to an aromatic ring is 1. The molecule has 2 aromatic carbocycles. The van der Waals surface area contributed by atoms with E-state index in [1.54, 1.807) is 30.1 Å². The topological polar surface area (TPSA) is 46.3 Å². The van der Waals surface area contributed by atoms with Crippen LogP contribution in [0, 0.1) is 6.92 Å². The normalized spacial score (nSPS) is 10.3. The maximum absolute atomic E-state index is 12.4. The SMILES string of the molecule is Cc1ccc(CN(C)C(=O)c2cc(N)cc(Br)c2)cc1. The molecule has 0 saturated carbocycles. The lowest BCUT2D eigenvalue weighted by Gasteiger charge is -2.18. The van der Waals surface area contributed by atoms with E-state index in [2.05, 4.69) is 15.9 Å². The smallest absolute Gasteiger partial charge is 0.254 e. The number of aryl methyl sites for hydroxylation is 1. The summed E-state index contributed by atoms with van der Waals surface area (Å²) in [4.78, 5) is 14.1. The molecule has 0 aliphatic rings. The quantitative estimate of drug-likeness (QED) is 0.872. The van der Waals surface area contributed by atoms with Gasteiger partial charge >= 0.3 is 0 Å². The molecule has 0 radical (unpaired) electrons. The fourth-order valence-corrected chi connectivity index (χ4v) is 2.51. The molecular weight excluding hydrogens is 316 g/mol. The van der Waals surface area contributed by atoms with Crippen LogP contribution in [0.25, 0.3) is 0 Å². The van der Waals surface area contributed by atoms with Gasteiger partial charge in [0.2, 0.25) is 0 Å². The third-order valence-electron chi connectivity index (χ3n) is 3.05. The van der Waals surface area contributed by atoms with Crippen molar-refractivity contribution in [3.05, 3.63) is 63.6 Å². The number of halogens is 1. The van der Waals surface area contributed by atoms with Gasteiger partial charge < -0.3 is 10.6 Å². The van der Waals surface area contributed by atoms with Gasteiger partial charge in [-0.3, -0.25) is 4.79 Å². The van der Waals surface area contributed by atoms with E-state index in [9.17, 15) is 4.79 Å². The standard InChI is InChI=1S/C16H17BrN2O/c1-11-3-5-12(6-4-11)10-19(2)16(20)13-7-14(17)9-15(18)8-13/h3-9H,10,18H2,1-2H3. The summed E-state index contributed by atoms with van der Waals surface area (Å²) < 4.78 is 0.810. The van der Waals surface area contributed by atoms with Crippen LogP contribution in [0.3, 0.4) is 0 Å². The number of rotatable bonds is 3. The Morgan fingerprint density at radius 1 is 1.20 bits per heavy atom. The molecule has 0 aliphatic carbocycles. The van der Waals surface area contributed by atoms with Crippen molar-refractivity contribution >= 4 is 27.5 Å². The molecule has 0 heterocycles. The van der Waals surface area contributed by atoms with Gasteiger partial charge in [0.15, 0.2) is 0 Å². The molecule has 0 unspecified atom stereocenters. The Labute approximate surface area is 127 Å². The molecule has 0 atom stereocenters. The number of nitrogens with zero attached hydrogens (tertiary/aromatic N) is 1. The summed E-state index contributed by atoms with van der Waals surface area (Å²) in [5, 5.41) is 0. The second-order valence-electron chi connectivity index (χ2n) is 4.92. The second-order valence-corrected chi connectivity index (χ2v) is 5.84. The fourth-order valence-electron chi connectivity index (χ4n) is 2.00. The minimum atomic E-state index is -0.0430. The number of nitrogens with two attached hydrogens (primary N) is 1. The fraction of sp³-hybridized carbons (Fsp3) is 0.188. The lowest BCUT2D eigenvalue weighted by Crippen LogP contribution is -2.26. The number of benzene rings is 2. The molecule has 0 fully saturated rings. The first-order chi connectivity index (χ1) is 9.45.